The van der Waals surface area contributed by atoms with Crippen molar-refractivity contribution in [3.63, 3.8) is 0 Å². The summed E-state index contributed by atoms with van der Waals surface area (Å²) in [6.07, 6.45) is 1.83. The maximum absolute atomic E-state index is 13.6. The van der Waals surface area contributed by atoms with E-state index in [9.17, 15) is 4.79 Å². The lowest BCUT2D eigenvalue weighted by Crippen LogP contribution is -2.58. The number of benzene rings is 1. The third-order valence-corrected chi connectivity index (χ3v) is 7.58. The van der Waals surface area contributed by atoms with Gasteiger partial charge >= 0.3 is 0 Å². The average Bonchev–Trinajstić information content (AvgIpc) is 3.51. The molecule has 8 heteroatoms. The Morgan fingerprint density at radius 1 is 1.29 bits per heavy atom. The van der Waals surface area contributed by atoms with E-state index >= 15 is 0 Å². The van der Waals surface area contributed by atoms with Crippen LogP contribution in [0.1, 0.15) is 65.6 Å². The second-order valence-electron chi connectivity index (χ2n) is 10.9. The van der Waals surface area contributed by atoms with Gasteiger partial charge in [0, 0.05) is 25.1 Å². The molecule has 0 spiro atoms. The molecule has 3 unspecified atom stereocenters. The molecule has 2 aliphatic heterocycles. The number of likely N-dealkylation sites (tertiary alicyclic amines) is 1. The Bertz CT molecular complexity index is 1060. The summed E-state index contributed by atoms with van der Waals surface area (Å²) in [4.78, 5) is 27.1. The van der Waals surface area contributed by atoms with E-state index in [1.807, 2.05) is 24.3 Å². The molecule has 0 bridgehead atoms. The Hall–Kier alpha value is -2.45. The van der Waals surface area contributed by atoms with E-state index in [0.29, 0.717) is 0 Å². The molecule has 1 aromatic heterocycles. The van der Waals surface area contributed by atoms with Crippen molar-refractivity contribution in [2.45, 2.75) is 85.2 Å². The number of oxime groups is 1. The van der Waals surface area contributed by atoms with Gasteiger partial charge in [-0.25, -0.2) is 4.98 Å². The third kappa shape index (κ3) is 4.84. The van der Waals surface area contributed by atoms with Crippen LogP contribution in [0.25, 0.3) is 10.4 Å². The molecule has 0 aliphatic carbocycles. The molecule has 1 amide bonds. The van der Waals surface area contributed by atoms with Crippen LogP contribution in [-0.4, -0.2) is 46.3 Å². The van der Waals surface area contributed by atoms with Crippen molar-refractivity contribution in [1.82, 2.24) is 20.5 Å². The van der Waals surface area contributed by atoms with Gasteiger partial charge in [-0.05, 0) is 30.7 Å². The lowest BCUT2D eigenvalue weighted by molar-refractivity contribution is -0.136. The number of amides is 1. The zero-order chi connectivity index (χ0) is 24.7. The summed E-state index contributed by atoms with van der Waals surface area (Å²) < 4.78 is 0. The van der Waals surface area contributed by atoms with Crippen molar-refractivity contribution in [2.75, 3.05) is 6.54 Å². The van der Waals surface area contributed by atoms with Crippen LogP contribution in [0.5, 0.6) is 0 Å². The van der Waals surface area contributed by atoms with Crippen molar-refractivity contribution in [3.8, 4) is 10.4 Å². The molecule has 184 valence electrons. The highest BCUT2D eigenvalue weighted by Gasteiger charge is 2.45. The fourth-order valence-corrected chi connectivity index (χ4v) is 5.54. The van der Waals surface area contributed by atoms with E-state index in [1.165, 1.54) is 4.88 Å². The van der Waals surface area contributed by atoms with Crippen LogP contribution < -0.4 is 10.6 Å². The highest BCUT2D eigenvalue weighted by Crippen LogP contribution is 2.34. The summed E-state index contributed by atoms with van der Waals surface area (Å²) >= 11 is 1.64. The number of aromatic nitrogens is 1. The molecular weight excluding hydrogens is 446 g/mol. The van der Waals surface area contributed by atoms with Crippen LogP contribution in [-0.2, 0) is 15.4 Å². The molecule has 34 heavy (non-hydrogen) atoms. The Kier molecular flexibility index (Phi) is 6.75. The summed E-state index contributed by atoms with van der Waals surface area (Å²) in [5, 5.41) is 11.4. The second-order valence-corrected chi connectivity index (χ2v) is 11.7. The molecule has 3 atom stereocenters. The van der Waals surface area contributed by atoms with E-state index in [0.717, 1.165) is 42.0 Å². The monoisotopic (exact) mass is 483 g/mol. The van der Waals surface area contributed by atoms with Gasteiger partial charge < -0.3 is 20.4 Å². The fourth-order valence-electron chi connectivity index (χ4n) is 4.72. The smallest absolute Gasteiger partial charge is 0.240 e. The lowest BCUT2D eigenvalue weighted by Gasteiger charge is -2.37. The minimum atomic E-state index is -0.770. The van der Waals surface area contributed by atoms with Crippen molar-refractivity contribution >= 4 is 23.1 Å². The van der Waals surface area contributed by atoms with Crippen LogP contribution in [0.15, 0.2) is 34.9 Å². The van der Waals surface area contributed by atoms with Crippen LogP contribution in [0.3, 0.4) is 0 Å². The lowest BCUT2D eigenvalue weighted by atomic mass is 9.85. The van der Waals surface area contributed by atoms with Crippen molar-refractivity contribution < 1.29 is 9.63 Å². The summed E-state index contributed by atoms with van der Waals surface area (Å²) in [5.74, 6) is 0.860. The van der Waals surface area contributed by atoms with Gasteiger partial charge in [0.1, 0.15) is 0 Å². The van der Waals surface area contributed by atoms with E-state index in [1.54, 1.807) is 11.3 Å². The molecule has 3 heterocycles. The topological polar surface area (TPSA) is 78.9 Å². The van der Waals surface area contributed by atoms with Crippen LogP contribution >= 0.6 is 11.3 Å². The van der Waals surface area contributed by atoms with Crippen molar-refractivity contribution in [1.29, 1.82) is 0 Å². The average molecular weight is 484 g/mol. The first-order valence-electron chi connectivity index (χ1n) is 12.1. The first-order chi connectivity index (χ1) is 16.0. The minimum Gasteiger partial charge on any atom is -0.361 e. The fraction of sp³-hybridized carbons (Fsp3) is 0.577. The van der Waals surface area contributed by atoms with Crippen LogP contribution in [0.2, 0.25) is 0 Å². The highest BCUT2D eigenvalue weighted by atomic mass is 32.1. The molecular formula is C26H37N5O2S. The number of aryl methyl sites for hydroxylation is 1. The molecule has 1 aromatic carbocycles. The molecule has 0 saturated carbocycles. The van der Waals surface area contributed by atoms with E-state index in [4.69, 9.17) is 4.84 Å². The Labute approximate surface area is 207 Å². The van der Waals surface area contributed by atoms with Crippen LogP contribution in [0, 0.1) is 12.3 Å². The number of nitrogens with one attached hydrogen (secondary N) is 2. The molecule has 7 nitrogen and oxygen atoms in total. The Morgan fingerprint density at radius 2 is 2.00 bits per heavy atom. The number of carbonyl (C=O) groups is 1. The molecule has 0 radical (unpaired) electrons. The van der Waals surface area contributed by atoms with Gasteiger partial charge in [-0.15, -0.1) is 11.3 Å². The van der Waals surface area contributed by atoms with Gasteiger partial charge in [0.25, 0.3) is 0 Å². The zero-order valence-corrected chi connectivity index (χ0v) is 22.1. The van der Waals surface area contributed by atoms with Gasteiger partial charge in [-0.1, -0.05) is 64.0 Å². The predicted molar refractivity (Wildman–Crippen MR) is 138 cm³/mol. The van der Waals surface area contributed by atoms with Gasteiger partial charge in [0.05, 0.1) is 28.2 Å². The standard InChI is InChI=1S/C26H37N5O2S/c1-16(2)28-22(25(4,5)6)24(32)31-14-8-9-20(31)23-29-26(7,33-30-23)19-12-10-18(11-13-19)21-17(3)27-15-34-21/h10-13,15-16,20,22,28H,8-9,14H2,1-7H3,(H,29,30). The largest absolute Gasteiger partial charge is 0.361 e. The summed E-state index contributed by atoms with van der Waals surface area (Å²) in [6.45, 7) is 15.2. The molecule has 1 fully saturated rings. The first kappa shape index (κ1) is 24.7. The number of rotatable bonds is 6. The number of carbonyl (C=O) groups excluding carboxylic acids is 1. The normalized spacial score (nSPS) is 23.6. The van der Waals surface area contributed by atoms with E-state index < -0.39 is 5.72 Å². The third-order valence-electron chi connectivity index (χ3n) is 6.60. The number of thiazole rings is 1. The molecule has 2 aromatic rings. The van der Waals surface area contributed by atoms with Gasteiger partial charge in [0.2, 0.25) is 11.6 Å². The highest BCUT2D eigenvalue weighted by molar-refractivity contribution is 7.13. The van der Waals surface area contributed by atoms with E-state index in [-0.39, 0.29) is 29.4 Å². The summed E-state index contributed by atoms with van der Waals surface area (Å²) in [5.41, 5.74) is 4.08. The summed E-state index contributed by atoms with van der Waals surface area (Å²) in [7, 11) is 0. The molecule has 4 rings (SSSR count). The van der Waals surface area contributed by atoms with Gasteiger partial charge in [-0.3, -0.25) is 4.79 Å². The van der Waals surface area contributed by atoms with Crippen LogP contribution in [0.4, 0.5) is 0 Å². The maximum atomic E-state index is 13.6. The second kappa shape index (κ2) is 9.30. The SMILES string of the molecule is Cc1ncsc1-c1ccc(C2(C)NC(C3CCCN3C(=O)C(NC(C)C)C(C)(C)C)=NO2)cc1. The number of hydrogen-bond donors (Lipinski definition) is 2. The first-order valence-corrected chi connectivity index (χ1v) is 13.0. The minimum absolute atomic E-state index is 0.104. The zero-order valence-electron chi connectivity index (χ0n) is 21.3. The number of amidine groups is 1. The van der Waals surface area contributed by atoms with Crippen molar-refractivity contribution in [2.24, 2.45) is 10.6 Å². The van der Waals surface area contributed by atoms with Gasteiger partial charge in [0.15, 0.2) is 5.84 Å². The predicted octanol–water partition coefficient (Wildman–Crippen LogP) is 4.63. The quantitative estimate of drug-likeness (QED) is 0.626. The maximum Gasteiger partial charge on any atom is 0.240 e. The Balaban J connectivity index is 1.49. The number of nitrogens with zero attached hydrogens (tertiary/aromatic N) is 3. The molecule has 2 N–H and O–H groups in total. The summed E-state index contributed by atoms with van der Waals surface area (Å²) in [6, 6.07) is 8.19. The molecule has 2 aliphatic rings. The number of hydrogen-bond acceptors (Lipinski definition) is 7. The van der Waals surface area contributed by atoms with E-state index in [2.05, 4.69) is 79.7 Å². The Morgan fingerprint density at radius 3 is 2.59 bits per heavy atom. The van der Waals surface area contributed by atoms with Gasteiger partial charge in [-0.2, -0.15) is 0 Å². The molecule has 1 saturated heterocycles. The van der Waals surface area contributed by atoms with Crippen molar-refractivity contribution in [3.05, 3.63) is 41.0 Å².